The Balaban J connectivity index is 2.53. The van der Waals surface area contributed by atoms with Crippen molar-refractivity contribution in [2.75, 3.05) is 13.1 Å². The minimum Gasteiger partial charge on any atom is -0.341 e. The van der Waals surface area contributed by atoms with Crippen LogP contribution < -0.4 is 5.73 Å². The summed E-state index contributed by atoms with van der Waals surface area (Å²) >= 11 is 1.73. The monoisotopic (exact) mass is 240 g/mol. The Kier molecular flexibility index (Phi) is 4.50. The van der Waals surface area contributed by atoms with Crippen molar-refractivity contribution in [2.24, 2.45) is 5.73 Å². The molecule has 1 amide bonds. The fraction of sp³-hybridized carbons (Fsp3) is 0.583. The number of rotatable bonds is 5. The van der Waals surface area contributed by atoms with Crippen LogP contribution in [-0.4, -0.2) is 29.4 Å². The smallest absolute Gasteiger partial charge is 0.242 e. The molecular formula is C12H20N2OS. The first-order valence-corrected chi connectivity index (χ1v) is 6.43. The first kappa shape index (κ1) is 13.2. The average Bonchev–Trinajstić information content (AvgIpc) is 2.69. The molecule has 0 aliphatic heterocycles. The van der Waals surface area contributed by atoms with Crippen LogP contribution in [0.15, 0.2) is 17.5 Å². The maximum Gasteiger partial charge on any atom is 0.242 e. The molecule has 0 saturated carbocycles. The number of likely N-dealkylation sites (N-methyl/N-ethyl adjacent to an activating group) is 1. The predicted octanol–water partition coefficient (Wildman–Crippen LogP) is 1.88. The van der Waals surface area contributed by atoms with E-state index in [-0.39, 0.29) is 5.91 Å². The van der Waals surface area contributed by atoms with E-state index in [1.807, 2.05) is 17.9 Å². The van der Waals surface area contributed by atoms with Crippen molar-refractivity contribution in [2.45, 2.75) is 32.7 Å². The third-order valence-electron chi connectivity index (χ3n) is 2.43. The van der Waals surface area contributed by atoms with Gasteiger partial charge in [0.2, 0.25) is 5.91 Å². The minimum atomic E-state index is -0.772. The maximum atomic E-state index is 12.0. The molecule has 0 spiro atoms. The Bertz CT molecular complexity index is 327. The molecule has 1 heterocycles. The average molecular weight is 240 g/mol. The third-order valence-corrected chi connectivity index (χ3v) is 3.36. The Labute approximate surface area is 101 Å². The fourth-order valence-electron chi connectivity index (χ4n) is 1.51. The molecule has 2 N–H and O–H groups in total. The van der Waals surface area contributed by atoms with Gasteiger partial charge < -0.3 is 10.6 Å². The lowest BCUT2D eigenvalue weighted by Gasteiger charge is -2.28. The van der Waals surface area contributed by atoms with Gasteiger partial charge in [-0.25, -0.2) is 0 Å². The lowest BCUT2D eigenvalue weighted by molar-refractivity contribution is -0.135. The number of hydrogen-bond acceptors (Lipinski definition) is 3. The highest BCUT2D eigenvalue weighted by Crippen LogP contribution is 2.11. The van der Waals surface area contributed by atoms with Crippen molar-refractivity contribution in [3.8, 4) is 0 Å². The Morgan fingerprint density at radius 1 is 1.56 bits per heavy atom. The summed E-state index contributed by atoms with van der Waals surface area (Å²) in [5.41, 5.74) is 5.04. The van der Waals surface area contributed by atoms with Gasteiger partial charge >= 0.3 is 0 Å². The van der Waals surface area contributed by atoms with Crippen LogP contribution in [0, 0.1) is 0 Å². The predicted molar refractivity (Wildman–Crippen MR) is 68.5 cm³/mol. The SMILES string of the molecule is CCN(CCc1cccs1)C(=O)C(C)(C)N. The summed E-state index contributed by atoms with van der Waals surface area (Å²) in [5, 5.41) is 2.06. The van der Waals surface area contributed by atoms with E-state index < -0.39 is 5.54 Å². The summed E-state index contributed by atoms with van der Waals surface area (Å²) in [6, 6.07) is 4.13. The Morgan fingerprint density at radius 2 is 2.25 bits per heavy atom. The number of nitrogens with two attached hydrogens (primary N) is 1. The van der Waals surface area contributed by atoms with E-state index >= 15 is 0 Å². The molecule has 0 aromatic carbocycles. The second-order valence-electron chi connectivity index (χ2n) is 4.44. The zero-order chi connectivity index (χ0) is 12.2. The normalized spacial score (nSPS) is 11.5. The molecule has 16 heavy (non-hydrogen) atoms. The van der Waals surface area contributed by atoms with Crippen molar-refractivity contribution < 1.29 is 4.79 Å². The summed E-state index contributed by atoms with van der Waals surface area (Å²) in [6.07, 6.45) is 0.910. The number of thiophene rings is 1. The second kappa shape index (κ2) is 5.46. The van der Waals surface area contributed by atoms with Gasteiger partial charge in [0, 0.05) is 18.0 Å². The minimum absolute atomic E-state index is 0.0200. The molecule has 0 bridgehead atoms. The van der Waals surface area contributed by atoms with Crippen LogP contribution in [0.4, 0.5) is 0 Å². The number of carbonyl (C=O) groups is 1. The Morgan fingerprint density at radius 3 is 2.69 bits per heavy atom. The van der Waals surface area contributed by atoms with E-state index in [2.05, 4.69) is 11.4 Å². The van der Waals surface area contributed by atoms with Crippen LogP contribution in [0.1, 0.15) is 25.6 Å². The molecule has 90 valence electrons. The molecule has 0 saturated heterocycles. The summed E-state index contributed by atoms with van der Waals surface area (Å²) in [6.45, 7) is 6.95. The van der Waals surface area contributed by atoms with Gasteiger partial charge in [-0.3, -0.25) is 4.79 Å². The molecule has 0 aliphatic rings. The topological polar surface area (TPSA) is 46.3 Å². The van der Waals surface area contributed by atoms with Gasteiger partial charge in [-0.05, 0) is 38.6 Å². The lowest BCUT2D eigenvalue weighted by atomic mass is 10.1. The fourth-order valence-corrected chi connectivity index (χ4v) is 2.21. The van der Waals surface area contributed by atoms with Gasteiger partial charge in [0.05, 0.1) is 5.54 Å². The first-order valence-electron chi connectivity index (χ1n) is 5.55. The van der Waals surface area contributed by atoms with Crippen molar-refractivity contribution in [1.82, 2.24) is 4.90 Å². The van der Waals surface area contributed by atoms with E-state index in [1.54, 1.807) is 25.2 Å². The second-order valence-corrected chi connectivity index (χ2v) is 5.47. The highest BCUT2D eigenvalue weighted by atomic mass is 32.1. The molecule has 0 aliphatic carbocycles. The van der Waals surface area contributed by atoms with E-state index in [9.17, 15) is 4.79 Å². The molecule has 1 rings (SSSR count). The molecule has 0 unspecified atom stereocenters. The number of hydrogen-bond donors (Lipinski definition) is 1. The standard InChI is InChI=1S/C12H20N2OS/c1-4-14(11(15)12(2,3)13)8-7-10-6-5-9-16-10/h5-6,9H,4,7-8,13H2,1-3H3. The van der Waals surface area contributed by atoms with Gasteiger partial charge in [-0.1, -0.05) is 6.07 Å². The van der Waals surface area contributed by atoms with Gasteiger partial charge in [-0.15, -0.1) is 11.3 Å². The molecule has 4 heteroatoms. The zero-order valence-electron chi connectivity index (χ0n) is 10.2. The van der Waals surface area contributed by atoms with Gasteiger partial charge in [0.15, 0.2) is 0 Å². The van der Waals surface area contributed by atoms with Crippen molar-refractivity contribution in [3.05, 3.63) is 22.4 Å². The molecule has 1 aromatic heterocycles. The van der Waals surface area contributed by atoms with Gasteiger partial charge in [0.1, 0.15) is 0 Å². The van der Waals surface area contributed by atoms with Crippen molar-refractivity contribution in [1.29, 1.82) is 0 Å². The maximum absolute atomic E-state index is 12.0. The quantitative estimate of drug-likeness (QED) is 0.854. The van der Waals surface area contributed by atoms with Crippen LogP contribution in [0.2, 0.25) is 0 Å². The lowest BCUT2D eigenvalue weighted by Crippen LogP contribution is -2.51. The van der Waals surface area contributed by atoms with Crippen LogP contribution >= 0.6 is 11.3 Å². The first-order chi connectivity index (χ1) is 7.45. The molecule has 0 fully saturated rings. The highest BCUT2D eigenvalue weighted by Gasteiger charge is 2.26. The summed E-state index contributed by atoms with van der Waals surface area (Å²) < 4.78 is 0. The Hall–Kier alpha value is -0.870. The van der Waals surface area contributed by atoms with Crippen molar-refractivity contribution >= 4 is 17.2 Å². The van der Waals surface area contributed by atoms with Gasteiger partial charge in [-0.2, -0.15) is 0 Å². The number of carbonyl (C=O) groups excluding carboxylic acids is 1. The van der Waals surface area contributed by atoms with E-state index in [0.717, 1.165) is 13.0 Å². The number of nitrogens with zero attached hydrogens (tertiary/aromatic N) is 1. The summed E-state index contributed by atoms with van der Waals surface area (Å²) in [7, 11) is 0. The van der Waals surface area contributed by atoms with E-state index in [0.29, 0.717) is 6.54 Å². The molecule has 0 radical (unpaired) electrons. The van der Waals surface area contributed by atoms with Gasteiger partial charge in [0.25, 0.3) is 0 Å². The van der Waals surface area contributed by atoms with E-state index in [4.69, 9.17) is 5.73 Å². The molecule has 3 nitrogen and oxygen atoms in total. The van der Waals surface area contributed by atoms with E-state index in [1.165, 1.54) is 4.88 Å². The molecular weight excluding hydrogens is 220 g/mol. The number of amides is 1. The van der Waals surface area contributed by atoms with Crippen LogP contribution in [0.3, 0.4) is 0 Å². The van der Waals surface area contributed by atoms with Crippen LogP contribution in [0.25, 0.3) is 0 Å². The van der Waals surface area contributed by atoms with Crippen LogP contribution in [-0.2, 0) is 11.2 Å². The van der Waals surface area contributed by atoms with Crippen molar-refractivity contribution in [3.63, 3.8) is 0 Å². The third kappa shape index (κ3) is 3.61. The molecule has 1 aromatic rings. The van der Waals surface area contributed by atoms with Crippen LogP contribution in [0.5, 0.6) is 0 Å². The largest absolute Gasteiger partial charge is 0.341 e. The highest BCUT2D eigenvalue weighted by molar-refractivity contribution is 7.09. The zero-order valence-corrected chi connectivity index (χ0v) is 11.0. The summed E-state index contributed by atoms with van der Waals surface area (Å²) in [5.74, 6) is 0.0200. The molecule has 0 atom stereocenters. The summed E-state index contributed by atoms with van der Waals surface area (Å²) in [4.78, 5) is 15.1.